The van der Waals surface area contributed by atoms with Crippen molar-refractivity contribution in [3.8, 4) is 0 Å². The lowest BCUT2D eigenvalue weighted by Gasteiger charge is -2.21. The SMILES string of the molecule is CCCCOC(=O)N1CCCCC(N)C1. The zero-order valence-electron chi connectivity index (χ0n) is 9.58. The first-order chi connectivity index (χ1) is 7.24. The van der Waals surface area contributed by atoms with E-state index in [0.29, 0.717) is 13.2 Å². The number of hydrogen-bond donors (Lipinski definition) is 1. The van der Waals surface area contributed by atoms with Crippen LogP contribution in [-0.4, -0.2) is 36.7 Å². The molecule has 0 aromatic carbocycles. The van der Waals surface area contributed by atoms with Crippen LogP contribution in [0.1, 0.15) is 39.0 Å². The third-order valence-corrected chi connectivity index (χ3v) is 2.69. The van der Waals surface area contributed by atoms with Crippen LogP contribution in [0.15, 0.2) is 0 Å². The molecular weight excluding hydrogens is 192 g/mol. The van der Waals surface area contributed by atoms with Crippen molar-refractivity contribution in [1.82, 2.24) is 4.90 Å². The fraction of sp³-hybridized carbons (Fsp3) is 0.909. The molecule has 1 amide bonds. The topological polar surface area (TPSA) is 55.6 Å². The molecule has 1 aliphatic heterocycles. The highest BCUT2D eigenvalue weighted by Crippen LogP contribution is 2.10. The van der Waals surface area contributed by atoms with Gasteiger partial charge >= 0.3 is 6.09 Å². The van der Waals surface area contributed by atoms with Gasteiger partial charge in [0.25, 0.3) is 0 Å². The third-order valence-electron chi connectivity index (χ3n) is 2.69. The minimum absolute atomic E-state index is 0.117. The summed E-state index contributed by atoms with van der Waals surface area (Å²) in [5.41, 5.74) is 5.87. The zero-order valence-corrected chi connectivity index (χ0v) is 9.58. The average molecular weight is 214 g/mol. The monoisotopic (exact) mass is 214 g/mol. The maximum atomic E-state index is 11.6. The Morgan fingerprint density at radius 3 is 3.07 bits per heavy atom. The Labute approximate surface area is 91.8 Å². The molecule has 1 unspecified atom stereocenters. The van der Waals surface area contributed by atoms with Crippen LogP contribution in [0.5, 0.6) is 0 Å². The van der Waals surface area contributed by atoms with Gasteiger partial charge < -0.3 is 15.4 Å². The number of likely N-dealkylation sites (tertiary alicyclic amines) is 1. The van der Waals surface area contributed by atoms with Crippen molar-refractivity contribution in [1.29, 1.82) is 0 Å². The van der Waals surface area contributed by atoms with Gasteiger partial charge in [-0.3, -0.25) is 0 Å². The van der Waals surface area contributed by atoms with E-state index in [-0.39, 0.29) is 12.1 Å². The number of nitrogens with two attached hydrogens (primary N) is 1. The smallest absolute Gasteiger partial charge is 0.409 e. The fourth-order valence-corrected chi connectivity index (χ4v) is 1.74. The van der Waals surface area contributed by atoms with Crippen LogP contribution in [0.25, 0.3) is 0 Å². The largest absolute Gasteiger partial charge is 0.449 e. The van der Waals surface area contributed by atoms with Crippen LogP contribution >= 0.6 is 0 Å². The van der Waals surface area contributed by atoms with E-state index in [9.17, 15) is 4.79 Å². The number of rotatable bonds is 3. The summed E-state index contributed by atoms with van der Waals surface area (Å²) < 4.78 is 5.16. The molecule has 2 N–H and O–H groups in total. The lowest BCUT2D eigenvalue weighted by atomic mass is 10.2. The predicted molar refractivity (Wildman–Crippen MR) is 59.7 cm³/mol. The summed E-state index contributed by atoms with van der Waals surface area (Å²) in [6.07, 6.45) is 4.95. The van der Waals surface area contributed by atoms with E-state index in [1.54, 1.807) is 4.90 Å². The van der Waals surface area contributed by atoms with Gasteiger partial charge in [0.2, 0.25) is 0 Å². The second-order valence-electron chi connectivity index (χ2n) is 4.17. The summed E-state index contributed by atoms with van der Waals surface area (Å²) >= 11 is 0. The number of carbonyl (C=O) groups excluding carboxylic acids is 1. The fourth-order valence-electron chi connectivity index (χ4n) is 1.74. The first-order valence-corrected chi connectivity index (χ1v) is 5.91. The van der Waals surface area contributed by atoms with Gasteiger partial charge in [-0.15, -0.1) is 0 Å². The van der Waals surface area contributed by atoms with E-state index in [1.165, 1.54) is 0 Å². The van der Waals surface area contributed by atoms with E-state index in [4.69, 9.17) is 10.5 Å². The molecule has 1 fully saturated rings. The van der Waals surface area contributed by atoms with Crippen LogP contribution in [0.4, 0.5) is 4.79 Å². The molecule has 1 aliphatic rings. The van der Waals surface area contributed by atoms with Crippen molar-refractivity contribution in [3.63, 3.8) is 0 Å². The van der Waals surface area contributed by atoms with Gasteiger partial charge in [-0.2, -0.15) is 0 Å². The average Bonchev–Trinajstić information content (AvgIpc) is 2.43. The summed E-state index contributed by atoms with van der Waals surface area (Å²) in [6, 6.07) is 0.117. The second kappa shape index (κ2) is 6.67. The molecule has 1 rings (SSSR count). The second-order valence-corrected chi connectivity index (χ2v) is 4.17. The summed E-state index contributed by atoms with van der Waals surface area (Å²) in [5.74, 6) is 0. The number of carbonyl (C=O) groups is 1. The highest BCUT2D eigenvalue weighted by Gasteiger charge is 2.20. The molecule has 4 heteroatoms. The molecule has 0 spiro atoms. The highest BCUT2D eigenvalue weighted by molar-refractivity contribution is 5.67. The summed E-state index contributed by atoms with van der Waals surface area (Å²) in [7, 11) is 0. The Hall–Kier alpha value is -0.770. The molecule has 0 aliphatic carbocycles. The molecule has 0 aromatic heterocycles. The van der Waals surface area contributed by atoms with E-state index in [2.05, 4.69) is 6.92 Å². The van der Waals surface area contributed by atoms with Crippen molar-refractivity contribution in [2.45, 2.75) is 45.1 Å². The van der Waals surface area contributed by atoms with Crippen LogP contribution in [0.3, 0.4) is 0 Å². The van der Waals surface area contributed by atoms with Crippen LogP contribution < -0.4 is 5.73 Å². The lowest BCUT2D eigenvalue weighted by molar-refractivity contribution is 0.101. The Morgan fingerprint density at radius 1 is 1.53 bits per heavy atom. The Bertz CT molecular complexity index is 197. The first kappa shape index (κ1) is 12.3. The van der Waals surface area contributed by atoms with Crippen molar-refractivity contribution in [2.75, 3.05) is 19.7 Å². The van der Waals surface area contributed by atoms with Crippen LogP contribution in [0.2, 0.25) is 0 Å². The van der Waals surface area contributed by atoms with Gasteiger partial charge in [-0.25, -0.2) is 4.79 Å². The zero-order chi connectivity index (χ0) is 11.1. The van der Waals surface area contributed by atoms with Gasteiger partial charge in [0, 0.05) is 19.1 Å². The quantitative estimate of drug-likeness (QED) is 0.728. The molecule has 0 bridgehead atoms. The van der Waals surface area contributed by atoms with Gasteiger partial charge in [0.15, 0.2) is 0 Å². The van der Waals surface area contributed by atoms with Crippen molar-refractivity contribution in [2.24, 2.45) is 5.73 Å². The maximum absolute atomic E-state index is 11.6. The van der Waals surface area contributed by atoms with Crippen LogP contribution in [-0.2, 0) is 4.74 Å². The molecule has 0 saturated carbocycles. The van der Waals surface area contributed by atoms with Gasteiger partial charge in [0.05, 0.1) is 6.61 Å². The first-order valence-electron chi connectivity index (χ1n) is 5.91. The molecule has 1 atom stereocenters. The van der Waals surface area contributed by atoms with E-state index < -0.39 is 0 Å². The third kappa shape index (κ3) is 4.51. The Kier molecular flexibility index (Phi) is 5.47. The number of amides is 1. The standard InChI is InChI=1S/C11H22N2O2/c1-2-3-8-15-11(14)13-7-5-4-6-10(12)9-13/h10H,2-9,12H2,1H3. The van der Waals surface area contributed by atoms with Gasteiger partial charge in [0.1, 0.15) is 0 Å². The predicted octanol–water partition coefficient (Wildman–Crippen LogP) is 1.74. The minimum Gasteiger partial charge on any atom is -0.449 e. The molecule has 15 heavy (non-hydrogen) atoms. The van der Waals surface area contributed by atoms with Crippen molar-refractivity contribution < 1.29 is 9.53 Å². The Morgan fingerprint density at radius 2 is 2.33 bits per heavy atom. The molecule has 0 aromatic rings. The van der Waals surface area contributed by atoms with Crippen molar-refractivity contribution in [3.05, 3.63) is 0 Å². The maximum Gasteiger partial charge on any atom is 0.409 e. The minimum atomic E-state index is -0.194. The van der Waals surface area contributed by atoms with E-state index in [1.807, 2.05) is 0 Å². The highest BCUT2D eigenvalue weighted by atomic mass is 16.6. The van der Waals surface area contributed by atoms with Gasteiger partial charge in [-0.1, -0.05) is 19.8 Å². The number of ether oxygens (including phenoxy) is 1. The molecule has 1 saturated heterocycles. The summed E-state index contributed by atoms with van der Waals surface area (Å²) in [6.45, 7) is 4.04. The molecule has 1 heterocycles. The number of hydrogen-bond acceptors (Lipinski definition) is 3. The van der Waals surface area contributed by atoms with Gasteiger partial charge in [-0.05, 0) is 19.3 Å². The number of unbranched alkanes of at least 4 members (excludes halogenated alkanes) is 1. The number of nitrogens with zero attached hydrogens (tertiary/aromatic N) is 1. The lowest BCUT2D eigenvalue weighted by Crippen LogP contribution is -2.40. The summed E-state index contributed by atoms with van der Waals surface area (Å²) in [4.78, 5) is 13.4. The normalized spacial score (nSPS) is 22.3. The van der Waals surface area contributed by atoms with Crippen LogP contribution in [0, 0.1) is 0 Å². The van der Waals surface area contributed by atoms with E-state index in [0.717, 1.165) is 38.6 Å². The molecule has 88 valence electrons. The van der Waals surface area contributed by atoms with Crippen molar-refractivity contribution >= 4 is 6.09 Å². The molecular formula is C11H22N2O2. The molecule has 4 nitrogen and oxygen atoms in total. The Balaban J connectivity index is 2.29. The van der Waals surface area contributed by atoms with E-state index >= 15 is 0 Å². The summed E-state index contributed by atoms with van der Waals surface area (Å²) in [5, 5.41) is 0. The molecule has 0 radical (unpaired) electrons.